The molecule has 0 spiro atoms. The molecule has 8 nitrogen and oxygen atoms in total. The van der Waals surface area contributed by atoms with E-state index < -0.39 is 5.97 Å². The number of hydrogen-bond acceptors (Lipinski definition) is 8. The van der Waals surface area contributed by atoms with Crippen molar-refractivity contribution in [3.8, 4) is 5.75 Å². The molecule has 1 aliphatic rings. The molecule has 1 N–H and O–H groups in total. The van der Waals surface area contributed by atoms with Crippen LogP contribution in [-0.2, 0) is 16.0 Å². The van der Waals surface area contributed by atoms with Crippen LogP contribution in [0.15, 0.2) is 30.5 Å². The summed E-state index contributed by atoms with van der Waals surface area (Å²) in [6.45, 7) is 9.03. The Morgan fingerprint density at radius 3 is 2.77 bits per heavy atom. The maximum atomic E-state index is 12.4. The maximum absolute atomic E-state index is 12.4. The highest BCUT2D eigenvalue weighted by molar-refractivity contribution is 5.94. The van der Waals surface area contributed by atoms with Crippen LogP contribution in [0.1, 0.15) is 43.1 Å². The third-order valence-electron chi connectivity index (χ3n) is 5.05. The van der Waals surface area contributed by atoms with Gasteiger partial charge in [0.2, 0.25) is 5.95 Å². The van der Waals surface area contributed by atoms with Crippen LogP contribution in [-0.4, -0.2) is 55.5 Å². The van der Waals surface area contributed by atoms with E-state index in [1.54, 1.807) is 20.2 Å². The van der Waals surface area contributed by atoms with Gasteiger partial charge in [-0.3, -0.25) is 0 Å². The largest absolute Gasteiger partial charge is 0.497 e. The van der Waals surface area contributed by atoms with Crippen LogP contribution >= 0.6 is 0 Å². The van der Waals surface area contributed by atoms with Crippen molar-refractivity contribution in [3.05, 3.63) is 41.6 Å². The first kappa shape index (κ1) is 22.8. The maximum Gasteiger partial charge on any atom is 0.343 e. The Morgan fingerprint density at radius 2 is 2.10 bits per heavy atom. The fraction of sp³-hybridized carbons (Fsp3) is 0.522. The molecule has 1 saturated heterocycles. The number of carbonyl (C=O) groups excluding carboxylic acids is 1. The monoisotopic (exact) mass is 428 g/mol. The van der Waals surface area contributed by atoms with Crippen LogP contribution < -0.4 is 15.0 Å². The number of methoxy groups -OCH3 is 1. The van der Waals surface area contributed by atoms with Gasteiger partial charge in [0.1, 0.15) is 17.1 Å². The van der Waals surface area contributed by atoms with Crippen molar-refractivity contribution in [2.75, 3.05) is 43.6 Å². The highest BCUT2D eigenvalue weighted by Gasteiger charge is 2.25. The second kappa shape index (κ2) is 10.9. The quantitative estimate of drug-likeness (QED) is 0.607. The second-order valence-electron chi connectivity index (χ2n) is 7.92. The summed E-state index contributed by atoms with van der Waals surface area (Å²) in [5.74, 6) is 1.96. The lowest BCUT2D eigenvalue weighted by Gasteiger charge is -2.34. The third kappa shape index (κ3) is 6.30. The molecular weight excluding hydrogens is 396 g/mol. The molecule has 0 aliphatic carbocycles. The Labute approximate surface area is 183 Å². The molecule has 1 aromatic carbocycles. The van der Waals surface area contributed by atoms with Gasteiger partial charge < -0.3 is 24.4 Å². The number of aromatic nitrogens is 2. The van der Waals surface area contributed by atoms with Crippen molar-refractivity contribution in [3.63, 3.8) is 0 Å². The normalized spacial score (nSPS) is 16.3. The van der Waals surface area contributed by atoms with Gasteiger partial charge in [-0.1, -0.05) is 26.0 Å². The highest BCUT2D eigenvalue weighted by Crippen LogP contribution is 2.22. The van der Waals surface area contributed by atoms with Crippen LogP contribution in [0.3, 0.4) is 0 Å². The zero-order chi connectivity index (χ0) is 22.2. The predicted molar refractivity (Wildman–Crippen MR) is 120 cm³/mol. The predicted octanol–water partition coefficient (Wildman–Crippen LogP) is 3.53. The molecule has 0 radical (unpaired) electrons. The molecule has 1 fully saturated rings. The number of carbonyl (C=O) groups is 1. The summed E-state index contributed by atoms with van der Waals surface area (Å²) in [6.07, 6.45) is 2.68. The van der Waals surface area contributed by atoms with E-state index >= 15 is 0 Å². The van der Waals surface area contributed by atoms with Gasteiger partial charge in [0.15, 0.2) is 0 Å². The van der Waals surface area contributed by atoms with E-state index in [-0.39, 0.29) is 6.10 Å². The van der Waals surface area contributed by atoms with Crippen LogP contribution in [0, 0.1) is 5.92 Å². The zero-order valence-electron chi connectivity index (χ0n) is 18.8. The van der Waals surface area contributed by atoms with E-state index in [4.69, 9.17) is 14.2 Å². The van der Waals surface area contributed by atoms with E-state index in [0.717, 1.165) is 24.3 Å². The number of ether oxygens (including phenoxy) is 3. The highest BCUT2D eigenvalue weighted by atomic mass is 16.5. The summed E-state index contributed by atoms with van der Waals surface area (Å²) in [5, 5.41) is 3.28. The van der Waals surface area contributed by atoms with Gasteiger partial charge in [-0.05, 0) is 37.0 Å². The van der Waals surface area contributed by atoms with E-state index in [2.05, 4.69) is 34.0 Å². The summed E-state index contributed by atoms with van der Waals surface area (Å²) in [6, 6.07) is 7.74. The van der Waals surface area contributed by atoms with Crippen molar-refractivity contribution < 1.29 is 19.0 Å². The summed E-state index contributed by atoms with van der Waals surface area (Å²) in [7, 11) is 1.64. The van der Waals surface area contributed by atoms with Crippen LogP contribution in [0.2, 0.25) is 0 Å². The fourth-order valence-corrected chi connectivity index (χ4v) is 3.52. The summed E-state index contributed by atoms with van der Waals surface area (Å²) < 4.78 is 16.3. The van der Waals surface area contributed by atoms with Crippen molar-refractivity contribution in [2.45, 2.75) is 39.8 Å². The van der Waals surface area contributed by atoms with Gasteiger partial charge in [0.05, 0.1) is 26.4 Å². The summed E-state index contributed by atoms with van der Waals surface area (Å²) in [4.78, 5) is 23.7. The van der Waals surface area contributed by atoms with Crippen LogP contribution in [0.4, 0.5) is 11.8 Å². The first-order valence-electron chi connectivity index (χ1n) is 10.8. The van der Waals surface area contributed by atoms with Crippen LogP contribution in [0.5, 0.6) is 5.75 Å². The second-order valence-corrected chi connectivity index (χ2v) is 7.92. The number of nitrogens with one attached hydrogen (secondary N) is 1. The Morgan fingerprint density at radius 1 is 1.32 bits per heavy atom. The first-order valence-corrected chi connectivity index (χ1v) is 10.8. The van der Waals surface area contributed by atoms with Crippen molar-refractivity contribution >= 4 is 17.7 Å². The summed E-state index contributed by atoms with van der Waals surface area (Å²) >= 11 is 0. The number of rotatable bonds is 9. The van der Waals surface area contributed by atoms with Crippen LogP contribution in [0.25, 0.3) is 0 Å². The van der Waals surface area contributed by atoms with Crippen molar-refractivity contribution in [2.24, 2.45) is 5.92 Å². The number of nitrogens with zero attached hydrogens (tertiary/aromatic N) is 3. The van der Waals surface area contributed by atoms with Gasteiger partial charge in [-0.15, -0.1) is 0 Å². The molecule has 1 atom stereocenters. The molecule has 168 valence electrons. The Bertz CT molecular complexity index is 857. The SMILES string of the molecule is CCOC(=O)c1cnc(N2CCOC(CC(C)C)C2)nc1NCc1ccc(OC)cc1. The molecule has 0 bridgehead atoms. The van der Waals surface area contributed by atoms with Gasteiger partial charge in [-0.25, -0.2) is 9.78 Å². The minimum absolute atomic E-state index is 0.151. The number of anilines is 2. The Kier molecular flexibility index (Phi) is 8.06. The lowest BCUT2D eigenvalue weighted by Crippen LogP contribution is -2.43. The molecule has 0 saturated carbocycles. The topological polar surface area (TPSA) is 85.8 Å². The average Bonchev–Trinajstić information content (AvgIpc) is 2.77. The molecule has 0 amide bonds. The molecular formula is C23H32N4O4. The summed E-state index contributed by atoms with van der Waals surface area (Å²) in [5.41, 5.74) is 1.37. The zero-order valence-corrected chi connectivity index (χ0v) is 18.8. The van der Waals surface area contributed by atoms with Crippen molar-refractivity contribution in [1.29, 1.82) is 0 Å². The fourth-order valence-electron chi connectivity index (χ4n) is 3.52. The van der Waals surface area contributed by atoms with Gasteiger partial charge in [-0.2, -0.15) is 4.98 Å². The molecule has 3 rings (SSSR count). The number of benzene rings is 1. The molecule has 1 unspecified atom stereocenters. The van der Waals surface area contributed by atoms with Gasteiger partial charge >= 0.3 is 5.97 Å². The van der Waals surface area contributed by atoms with E-state index in [1.807, 2.05) is 24.3 Å². The van der Waals surface area contributed by atoms with Gasteiger partial charge in [0, 0.05) is 25.8 Å². The average molecular weight is 429 g/mol. The number of hydrogen-bond donors (Lipinski definition) is 1. The number of esters is 1. The van der Waals surface area contributed by atoms with E-state index in [0.29, 0.717) is 49.6 Å². The van der Waals surface area contributed by atoms with Crippen molar-refractivity contribution in [1.82, 2.24) is 9.97 Å². The lowest BCUT2D eigenvalue weighted by atomic mass is 10.0. The Hall–Kier alpha value is -2.87. The molecule has 2 aromatic rings. The minimum Gasteiger partial charge on any atom is -0.497 e. The molecule has 2 heterocycles. The minimum atomic E-state index is -0.439. The van der Waals surface area contributed by atoms with E-state index in [9.17, 15) is 4.79 Å². The first-order chi connectivity index (χ1) is 15.0. The lowest BCUT2D eigenvalue weighted by molar-refractivity contribution is 0.0270. The molecule has 1 aromatic heterocycles. The molecule has 8 heteroatoms. The number of morpholine rings is 1. The Balaban J connectivity index is 1.79. The molecule has 31 heavy (non-hydrogen) atoms. The standard InChI is InChI=1S/C23H32N4O4/c1-5-30-22(28)20-14-25-23(27-10-11-31-19(15-27)12-16(2)3)26-21(20)24-13-17-6-8-18(29-4)9-7-17/h6-9,14,16,19H,5,10-13,15H2,1-4H3,(H,24,25,26). The molecule has 1 aliphatic heterocycles. The van der Waals surface area contributed by atoms with Gasteiger partial charge in [0.25, 0.3) is 0 Å². The third-order valence-corrected chi connectivity index (χ3v) is 5.05. The smallest absolute Gasteiger partial charge is 0.343 e. The van der Waals surface area contributed by atoms with E-state index in [1.165, 1.54) is 0 Å².